The van der Waals surface area contributed by atoms with Crippen molar-refractivity contribution in [3.8, 4) is 0 Å². The molecule has 1 aliphatic rings. The zero-order valence-electron chi connectivity index (χ0n) is 9.14. The van der Waals surface area contributed by atoms with Crippen LogP contribution >= 0.6 is 0 Å². The Morgan fingerprint density at radius 2 is 2.29 bits per heavy atom. The first-order valence-electron chi connectivity index (χ1n) is 5.64. The Bertz CT molecular complexity index is 317. The first-order valence-corrected chi connectivity index (χ1v) is 5.64. The normalized spacial score (nSPS) is 20.6. The molecule has 0 aliphatic carbocycles. The van der Waals surface area contributed by atoms with Gasteiger partial charge in [0, 0.05) is 6.04 Å². The van der Waals surface area contributed by atoms with Gasteiger partial charge in [-0.25, -0.2) is 0 Å². The molecule has 1 heteroatoms. The average Bonchev–Trinajstić information content (AvgIpc) is 2.19. The molecule has 1 aromatic carbocycles. The lowest BCUT2D eigenvalue weighted by Crippen LogP contribution is -2.30. The topological polar surface area (TPSA) is 12.0 Å². The summed E-state index contributed by atoms with van der Waals surface area (Å²) in [7, 11) is 0. The summed E-state index contributed by atoms with van der Waals surface area (Å²) in [6.07, 6.45) is 3.71. The first-order chi connectivity index (χ1) is 6.83. The third kappa shape index (κ3) is 1.69. The summed E-state index contributed by atoms with van der Waals surface area (Å²) in [6.45, 7) is 5.63. The van der Waals surface area contributed by atoms with Crippen LogP contribution in [0.2, 0.25) is 0 Å². The molecule has 0 bridgehead atoms. The second-order valence-electron chi connectivity index (χ2n) is 4.19. The monoisotopic (exact) mass is 189 g/mol. The molecule has 1 N–H and O–H groups in total. The van der Waals surface area contributed by atoms with E-state index in [1.54, 1.807) is 11.1 Å². The van der Waals surface area contributed by atoms with Gasteiger partial charge >= 0.3 is 0 Å². The van der Waals surface area contributed by atoms with Gasteiger partial charge in [0.1, 0.15) is 0 Å². The Labute approximate surface area is 86.5 Å². The van der Waals surface area contributed by atoms with E-state index in [0.717, 1.165) is 6.54 Å². The van der Waals surface area contributed by atoms with Crippen LogP contribution < -0.4 is 5.32 Å². The Kier molecular flexibility index (Phi) is 2.87. The minimum atomic E-state index is 0.602. The highest BCUT2D eigenvalue weighted by Crippen LogP contribution is 2.28. The molecule has 0 saturated carbocycles. The van der Waals surface area contributed by atoms with Crippen molar-refractivity contribution in [3.63, 3.8) is 0 Å². The second-order valence-corrected chi connectivity index (χ2v) is 4.19. The van der Waals surface area contributed by atoms with Crippen LogP contribution in [0.5, 0.6) is 0 Å². The number of benzene rings is 1. The molecule has 0 amide bonds. The molecule has 1 unspecified atom stereocenters. The van der Waals surface area contributed by atoms with Crippen LogP contribution in [0.4, 0.5) is 0 Å². The van der Waals surface area contributed by atoms with E-state index >= 15 is 0 Å². The largest absolute Gasteiger partial charge is 0.310 e. The summed E-state index contributed by atoms with van der Waals surface area (Å²) in [4.78, 5) is 0. The van der Waals surface area contributed by atoms with E-state index in [-0.39, 0.29) is 0 Å². The van der Waals surface area contributed by atoms with Crippen LogP contribution in [0.15, 0.2) is 18.2 Å². The quantitative estimate of drug-likeness (QED) is 0.754. The van der Waals surface area contributed by atoms with Crippen molar-refractivity contribution in [1.29, 1.82) is 0 Å². The predicted molar refractivity (Wildman–Crippen MR) is 60.5 cm³/mol. The van der Waals surface area contributed by atoms with Gasteiger partial charge < -0.3 is 5.32 Å². The molecule has 1 atom stereocenters. The second kappa shape index (κ2) is 4.14. The Balaban J connectivity index is 2.36. The molecule has 2 rings (SSSR count). The number of aryl methyl sites for hydroxylation is 1. The van der Waals surface area contributed by atoms with Crippen molar-refractivity contribution >= 4 is 0 Å². The number of rotatable bonds is 2. The number of hydrogen-bond donors (Lipinski definition) is 1. The minimum absolute atomic E-state index is 0.602. The third-order valence-electron chi connectivity index (χ3n) is 3.13. The summed E-state index contributed by atoms with van der Waals surface area (Å²) in [5, 5.41) is 3.62. The Hall–Kier alpha value is -0.820. The first kappa shape index (κ1) is 9.72. The van der Waals surface area contributed by atoms with Crippen LogP contribution in [0.1, 0.15) is 42.5 Å². The smallest absolute Gasteiger partial charge is 0.0325 e. The molecule has 0 spiro atoms. The van der Waals surface area contributed by atoms with E-state index < -0.39 is 0 Å². The molecule has 0 saturated heterocycles. The van der Waals surface area contributed by atoms with Crippen LogP contribution in [-0.4, -0.2) is 6.54 Å². The zero-order valence-corrected chi connectivity index (χ0v) is 9.14. The maximum absolute atomic E-state index is 3.62. The fourth-order valence-electron chi connectivity index (χ4n) is 2.48. The van der Waals surface area contributed by atoms with E-state index in [2.05, 4.69) is 37.4 Å². The van der Waals surface area contributed by atoms with E-state index in [9.17, 15) is 0 Å². The van der Waals surface area contributed by atoms with E-state index in [1.165, 1.54) is 24.8 Å². The summed E-state index contributed by atoms with van der Waals surface area (Å²) in [5.41, 5.74) is 4.58. The number of nitrogens with one attached hydrogen (secondary N) is 1. The molecule has 76 valence electrons. The van der Waals surface area contributed by atoms with Crippen molar-refractivity contribution in [2.45, 2.75) is 39.2 Å². The maximum atomic E-state index is 3.62. The van der Waals surface area contributed by atoms with Gasteiger partial charge in [0.15, 0.2) is 0 Å². The molecule has 1 heterocycles. The molecule has 0 aromatic heterocycles. The van der Waals surface area contributed by atoms with Gasteiger partial charge in [-0.2, -0.15) is 0 Å². The van der Waals surface area contributed by atoms with Gasteiger partial charge in [-0.05, 0) is 43.0 Å². The van der Waals surface area contributed by atoms with Crippen LogP contribution in [0.3, 0.4) is 0 Å². The molecule has 1 aliphatic heterocycles. The highest BCUT2D eigenvalue weighted by Gasteiger charge is 2.19. The predicted octanol–water partition coefficient (Wildman–Crippen LogP) is 2.98. The fraction of sp³-hybridized carbons (Fsp3) is 0.538. The zero-order chi connectivity index (χ0) is 9.97. The van der Waals surface area contributed by atoms with Gasteiger partial charge in [-0.3, -0.25) is 0 Å². The van der Waals surface area contributed by atoms with Gasteiger partial charge in [-0.1, -0.05) is 31.5 Å². The molecule has 1 nitrogen and oxygen atoms in total. The van der Waals surface area contributed by atoms with E-state index in [0.29, 0.717) is 6.04 Å². The van der Waals surface area contributed by atoms with Gasteiger partial charge in [0.2, 0.25) is 0 Å². The summed E-state index contributed by atoms with van der Waals surface area (Å²) < 4.78 is 0. The summed E-state index contributed by atoms with van der Waals surface area (Å²) in [5.74, 6) is 0. The minimum Gasteiger partial charge on any atom is -0.310 e. The third-order valence-corrected chi connectivity index (χ3v) is 3.13. The van der Waals surface area contributed by atoms with E-state index in [4.69, 9.17) is 0 Å². The maximum Gasteiger partial charge on any atom is 0.0325 e. The highest BCUT2D eigenvalue weighted by atomic mass is 14.9. The lowest BCUT2D eigenvalue weighted by Gasteiger charge is -2.28. The molecular formula is C13H19N. The number of hydrogen-bond acceptors (Lipinski definition) is 1. The fourth-order valence-corrected chi connectivity index (χ4v) is 2.48. The lowest BCUT2D eigenvalue weighted by molar-refractivity contribution is 0.469. The highest BCUT2D eigenvalue weighted by molar-refractivity contribution is 5.38. The van der Waals surface area contributed by atoms with Crippen molar-refractivity contribution in [3.05, 3.63) is 34.9 Å². The summed E-state index contributed by atoms with van der Waals surface area (Å²) in [6, 6.07) is 7.30. The lowest BCUT2D eigenvalue weighted by atomic mass is 9.88. The SMILES string of the molecule is CCCC1NCCc2cccc(C)c21. The summed E-state index contributed by atoms with van der Waals surface area (Å²) >= 11 is 0. The van der Waals surface area contributed by atoms with Gasteiger partial charge in [0.25, 0.3) is 0 Å². The van der Waals surface area contributed by atoms with Crippen molar-refractivity contribution in [2.75, 3.05) is 6.54 Å². The van der Waals surface area contributed by atoms with Crippen LogP contribution in [0, 0.1) is 6.92 Å². The van der Waals surface area contributed by atoms with E-state index in [1.807, 2.05) is 0 Å². The molecule has 0 fully saturated rings. The number of fused-ring (bicyclic) bond motifs is 1. The molecule has 0 radical (unpaired) electrons. The van der Waals surface area contributed by atoms with Crippen molar-refractivity contribution < 1.29 is 0 Å². The Morgan fingerprint density at radius 3 is 3.07 bits per heavy atom. The standard InChI is InChI=1S/C13H19N/c1-3-5-12-13-10(2)6-4-7-11(13)8-9-14-12/h4,6-7,12,14H,3,5,8-9H2,1-2H3. The molecular weight excluding hydrogens is 170 g/mol. The van der Waals surface area contributed by atoms with Crippen molar-refractivity contribution in [1.82, 2.24) is 5.32 Å². The molecule has 14 heavy (non-hydrogen) atoms. The van der Waals surface area contributed by atoms with Crippen molar-refractivity contribution in [2.24, 2.45) is 0 Å². The average molecular weight is 189 g/mol. The molecule has 1 aromatic rings. The van der Waals surface area contributed by atoms with Gasteiger partial charge in [-0.15, -0.1) is 0 Å². The Morgan fingerprint density at radius 1 is 1.43 bits per heavy atom. The van der Waals surface area contributed by atoms with Crippen LogP contribution in [0.25, 0.3) is 0 Å². The van der Waals surface area contributed by atoms with Crippen LogP contribution in [-0.2, 0) is 6.42 Å². The van der Waals surface area contributed by atoms with Gasteiger partial charge in [0.05, 0.1) is 0 Å².